The maximum atomic E-state index is 10.5. The van der Waals surface area contributed by atoms with Crippen LogP contribution in [0, 0.1) is 10.1 Å². The normalized spacial score (nSPS) is 28.5. The predicted molar refractivity (Wildman–Crippen MR) is 51.4 cm³/mol. The van der Waals surface area contributed by atoms with Gasteiger partial charge in [-0.15, -0.1) is 0 Å². The van der Waals surface area contributed by atoms with Crippen LogP contribution < -0.4 is 0 Å². The Balaban J connectivity index is 2.26. The van der Waals surface area contributed by atoms with Crippen LogP contribution in [0.5, 0.6) is 0 Å². The summed E-state index contributed by atoms with van der Waals surface area (Å²) in [7, 11) is 0. The summed E-state index contributed by atoms with van der Waals surface area (Å²) in [5, 5.41) is 38.5. The molecule has 0 aliphatic carbocycles. The second-order valence-corrected chi connectivity index (χ2v) is 3.72. The molecule has 9 nitrogen and oxygen atoms in total. The second kappa shape index (κ2) is 4.28. The van der Waals surface area contributed by atoms with Gasteiger partial charge in [0.1, 0.15) is 12.3 Å². The average Bonchev–Trinajstić information content (AvgIpc) is 2.81. The molecule has 1 aromatic heterocycles. The SMILES string of the molecule is O=[N+]([O-])c1ncc([C@@H]2O[C@H](CO)C[C@H]2O)n1O. The van der Waals surface area contributed by atoms with E-state index in [-0.39, 0.29) is 23.5 Å². The van der Waals surface area contributed by atoms with Crippen LogP contribution in [-0.2, 0) is 4.74 Å². The number of hydrogen-bond donors (Lipinski definition) is 3. The molecule has 1 saturated heterocycles. The van der Waals surface area contributed by atoms with Gasteiger partial charge in [-0.1, -0.05) is 4.98 Å². The first-order chi connectivity index (χ1) is 8.04. The fourth-order valence-corrected chi connectivity index (χ4v) is 1.80. The summed E-state index contributed by atoms with van der Waals surface area (Å²) in [6.07, 6.45) is -1.18. The summed E-state index contributed by atoms with van der Waals surface area (Å²) in [6.45, 7) is -0.269. The highest BCUT2D eigenvalue weighted by Gasteiger charge is 2.40. The van der Waals surface area contributed by atoms with Gasteiger partial charge in [-0.05, 0) is 9.65 Å². The zero-order valence-corrected chi connectivity index (χ0v) is 8.63. The Morgan fingerprint density at radius 2 is 2.41 bits per heavy atom. The standard InChI is InChI=1S/C8H11N3O6/c12-3-4-1-6(13)7(17-4)5-2-9-8(10(5)14)11(15)16/h2,4,6-7,12-14H,1,3H2/t4-,6+,7-/m0/s1. The molecule has 3 atom stereocenters. The highest BCUT2D eigenvalue weighted by molar-refractivity contribution is 5.17. The summed E-state index contributed by atoms with van der Waals surface area (Å²) in [5.74, 6) is -0.747. The van der Waals surface area contributed by atoms with E-state index in [0.29, 0.717) is 0 Å². The minimum Gasteiger partial charge on any atom is -0.394 e. The lowest BCUT2D eigenvalue weighted by atomic mass is 10.1. The van der Waals surface area contributed by atoms with Crippen molar-refractivity contribution in [1.29, 1.82) is 0 Å². The Hall–Kier alpha value is -1.71. The van der Waals surface area contributed by atoms with Gasteiger partial charge in [0.25, 0.3) is 0 Å². The van der Waals surface area contributed by atoms with Crippen molar-refractivity contribution in [2.75, 3.05) is 6.61 Å². The van der Waals surface area contributed by atoms with Crippen LogP contribution in [0.1, 0.15) is 18.2 Å². The lowest BCUT2D eigenvalue weighted by Crippen LogP contribution is -2.16. The fourth-order valence-electron chi connectivity index (χ4n) is 1.80. The molecule has 94 valence electrons. The lowest BCUT2D eigenvalue weighted by Gasteiger charge is -2.10. The van der Waals surface area contributed by atoms with Crippen LogP contribution in [0.25, 0.3) is 0 Å². The summed E-state index contributed by atoms with van der Waals surface area (Å²) < 4.78 is 5.51. The van der Waals surface area contributed by atoms with Crippen molar-refractivity contribution in [3.63, 3.8) is 0 Å². The zero-order chi connectivity index (χ0) is 12.6. The van der Waals surface area contributed by atoms with E-state index in [1.807, 2.05) is 0 Å². The van der Waals surface area contributed by atoms with E-state index >= 15 is 0 Å². The van der Waals surface area contributed by atoms with E-state index in [1.54, 1.807) is 0 Å². The van der Waals surface area contributed by atoms with Crippen molar-refractivity contribution in [2.45, 2.75) is 24.7 Å². The molecule has 2 heterocycles. The number of nitrogens with zero attached hydrogens (tertiary/aromatic N) is 3. The number of rotatable bonds is 3. The first-order valence-corrected chi connectivity index (χ1v) is 4.90. The third kappa shape index (κ3) is 1.95. The number of aliphatic hydroxyl groups is 2. The topological polar surface area (TPSA) is 131 Å². The fraction of sp³-hybridized carbons (Fsp3) is 0.625. The summed E-state index contributed by atoms with van der Waals surface area (Å²) in [4.78, 5) is 13.0. The van der Waals surface area contributed by atoms with Gasteiger partial charge < -0.3 is 30.3 Å². The number of aliphatic hydroxyl groups excluding tert-OH is 2. The number of imidazole rings is 1. The average molecular weight is 245 g/mol. The molecule has 0 spiro atoms. The van der Waals surface area contributed by atoms with Gasteiger partial charge in [0.15, 0.2) is 5.69 Å². The largest absolute Gasteiger partial charge is 0.471 e. The maximum Gasteiger partial charge on any atom is 0.471 e. The summed E-state index contributed by atoms with van der Waals surface area (Å²) in [5.41, 5.74) is -0.0137. The maximum absolute atomic E-state index is 10.5. The van der Waals surface area contributed by atoms with E-state index in [4.69, 9.17) is 9.84 Å². The van der Waals surface area contributed by atoms with Crippen molar-refractivity contribution in [2.24, 2.45) is 0 Å². The Kier molecular flexibility index (Phi) is 2.96. The first kappa shape index (κ1) is 11.8. The van der Waals surface area contributed by atoms with Gasteiger partial charge in [0, 0.05) is 6.42 Å². The molecule has 17 heavy (non-hydrogen) atoms. The highest BCUT2D eigenvalue weighted by Crippen LogP contribution is 2.33. The van der Waals surface area contributed by atoms with E-state index in [2.05, 4.69) is 4.98 Å². The molecule has 0 bridgehead atoms. The van der Waals surface area contributed by atoms with Gasteiger partial charge >= 0.3 is 5.95 Å². The van der Waals surface area contributed by atoms with Crippen molar-refractivity contribution in [1.82, 2.24) is 9.71 Å². The molecule has 0 saturated carbocycles. The van der Waals surface area contributed by atoms with E-state index in [0.717, 1.165) is 6.20 Å². The van der Waals surface area contributed by atoms with E-state index in [1.165, 1.54) is 0 Å². The third-order valence-corrected chi connectivity index (χ3v) is 2.60. The second-order valence-electron chi connectivity index (χ2n) is 3.72. The lowest BCUT2D eigenvalue weighted by molar-refractivity contribution is -0.401. The van der Waals surface area contributed by atoms with Crippen molar-refractivity contribution in [3.8, 4) is 0 Å². The summed E-state index contributed by atoms with van der Waals surface area (Å²) in [6, 6.07) is 0. The molecule has 9 heteroatoms. The van der Waals surface area contributed by atoms with Crippen molar-refractivity contribution in [3.05, 3.63) is 22.0 Å². The number of ether oxygens (including phenoxy) is 1. The molecule has 1 aliphatic rings. The van der Waals surface area contributed by atoms with E-state index < -0.39 is 29.2 Å². The zero-order valence-electron chi connectivity index (χ0n) is 8.63. The predicted octanol–water partition coefficient (Wildman–Crippen LogP) is -0.788. The van der Waals surface area contributed by atoms with Gasteiger partial charge in [0.2, 0.25) is 0 Å². The van der Waals surface area contributed by atoms with E-state index in [9.17, 15) is 20.4 Å². The molecular weight excluding hydrogens is 234 g/mol. The van der Waals surface area contributed by atoms with Crippen LogP contribution in [-0.4, -0.2) is 48.9 Å². The van der Waals surface area contributed by atoms with Crippen LogP contribution in [0.2, 0.25) is 0 Å². The van der Waals surface area contributed by atoms with Crippen molar-refractivity contribution >= 4 is 5.95 Å². The van der Waals surface area contributed by atoms with Gasteiger partial charge in [-0.25, -0.2) is 0 Å². The minimum atomic E-state index is -0.950. The minimum absolute atomic E-state index is 0.0137. The molecule has 0 unspecified atom stereocenters. The Bertz CT molecular complexity index is 433. The van der Waals surface area contributed by atoms with Crippen LogP contribution in [0.4, 0.5) is 5.95 Å². The highest BCUT2D eigenvalue weighted by atomic mass is 16.6. The molecule has 1 aromatic rings. The van der Waals surface area contributed by atoms with Crippen LogP contribution >= 0.6 is 0 Å². The summed E-state index contributed by atoms with van der Waals surface area (Å²) >= 11 is 0. The van der Waals surface area contributed by atoms with Crippen LogP contribution in [0.15, 0.2) is 6.20 Å². The van der Waals surface area contributed by atoms with Crippen LogP contribution in [0.3, 0.4) is 0 Å². The molecule has 2 rings (SSSR count). The number of nitro groups is 1. The molecule has 0 amide bonds. The third-order valence-electron chi connectivity index (χ3n) is 2.60. The monoisotopic (exact) mass is 245 g/mol. The number of aromatic nitrogens is 2. The van der Waals surface area contributed by atoms with Gasteiger partial charge in [0.05, 0.1) is 18.8 Å². The first-order valence-electron chi connectivity index (χ1n) is 4.90. The Morgan fingerprint density at radius 1 is 1.71 bits per heavy atom. The molecule has 0 radical (unpaired) electrons. The smallest absolute Gasteiger partial charge is 0.394 e. The molecular formula is C8H11N3O6. The quantitative estimate of drug-likeness (QED) is 0.361. The van der Waals surface area contributed by atoms with Crippen molar-refractivity contribution < 1.29 is 25.1 Å². The molecule has 1 fully saturated rings. The molecule has 3 N–H and O–H groups in total. The Morgan fingerprint density at radius 3 is 2.88 bits per heavy atom. The van der Waals surface area contributed by atoms with Gasteiger partial charge in [-0.2, -0.15) is 0 Å². The Labute approximate surface area is 95.0 Å². The number of hydrogen-bond acceptors (Lipinski definition) is 7. The van der Waals surface area contributed by atoms with Gasteiger partial charge in [-0.3, -0.25) is 0 Å². The molecule has 1 aliphatic heterocycles. The molecule has 0 aromatic carbocycles.